The Morgan fingerprint density at radius 1 is 0.867 bits per heavy atom. The second kappa shape index (κ2) is 10.9. The number of benzene rings is 4. The van der Waals surface area contributed by atoms with Crippen LogP contribution >= 0.6 is 46.1 Å². The average Bonchev–Trinajstić information content (AvgIpc) is 3.50. The van der Waals surface area contributed by atoms with Gasteiger partial charge in [0.05, 0.1) is 21.4 Å². The maximum absolute atomic E-state index is 13.3. The molecule has 2 aliphatic rings. The number of Topliss-reactive ketones (excluding diaryl/α,β-unsaturated/α-hetero) is 1. The molecule has 0 spiro atoms. The minimum atomic E-state index is -0.974. The fourth-order valence-corrected chi connectivity index (χ4v) is 9.30. The SMILES string of the molecule is Cc1cc(C)c(-c2ccc3c(c2)C(C)(C)c2cc(/C=C4/C(=O)c5ccccc5C4O)sc2N3c2c(Cl)cc(Cl)cc2Cl)c(C)c1. The molecule has 0 fully saturated rings. The van der Waals surface area contributed by atoms with Crippen molar-refractivity contribution in [1.82, 2.24) is 0 Å². The van der Waals surface area contributed by atoms with Gasteiger partial charge in [0.2, 0.25) is 0 Å². The summed E-state index contributed by atoms with van der Waals surface area (Å²) in [4.78, 5) is 16.3. The van der Waals surface area contributed by atoms with Crippen molar-refractivity contribution in [1.29, 1.82) is 0 Å². The predicted molar refractivity (Wildman–Crippen MR) is 190 cm³/mol. The highest BCUT2D eigenvalue weighted by atomic mass is 35.5. The van der Waals surface area contributed by atoms with Crippen molar-refractivity contribution < 1.29 is 9.90 Å². The summed E-state index contributed by atoms with van der Waals surface area (Å²) < 4.78 is 0. The van der Waals surface area contributed by atoms with Crippen molar-refractivity contribution in [2.24, 2.45) is 0 Å². The summed E-state index contributed by atoms with van der Waals surface area (Å²) >= 11 is 21.7. The lowest BCUT2D eigenvalue weighted by atomic mass is 9.74. The van der Waals surface area contributed by atoms with E-state index in [2.05, 4.69) is 75.9 Å². The van der Waals surface area contributed by atoms with Gasteiger partial charge in [-0.25, -0.2) is 0 Å². The third kappa shape index (κ3) is 4.78. The third-order valence-electron chi connectivity index (χ3n) is 9.04. The molecule has 1 unspecified atom stereocenters. The van der Waals surface area contributed by atoms with Gasteiger partial charge in [0.15, 0.2) is 5.78 Å². The number of rotatable bonds is 3. The Bertz CT molecular complexity index is 2060. The van der Waals surface area contributed by atoms with E-state index in [1.54, 1.807) is 24.3 Å². The minimum Gasteiger partial charge on any atom is -0.383 e. The number of thiophene rings is 1. The van der Waals surface area contributed by atoms with Gasteiger partial charge in [-0.2, -0.15) is 0 Å². The summed E-state index contributed by atoms with van der Waals surface area (Å²) in [6.45, 7) is 10.9. The highest BCUT2D eigenvalue weighted by molar-refractivity contribution is 7.17. The Morgan fingerprint density at radius 2 is 1.53 bits per heavy atom. The van der Waals surface area contributed by atoms with Crippen LogP contribution in [0.4, 0.5) is 16.4 Å². The summed E-state index contributed by atoms with van der Waals surface area (Å²) in [6, 6.07) is 23.8. The first-order valence-electron chi connectivity index (χ1n) is 14.7. The highest BCUT2D eigenvalue weighted by Crippen LogP contribution is 2.58. The van der Waals surface area contributed by atoms with Crippen LogP contribution in [0, 0.1) is 20.8 Å². The van der Waals surface area contributed by atoms with Gasteiger partial charge >= 0.3 is 0 Å². The van der Waals surface area contributed by atoms with Crippen molar-refractivity contribution in [3.8, 4) is 11.1 Å². The van der Waals surface area contributed by atoms with Crippen LogP contribution in [-0.4, -0.2) is 10.9 Å². The van der Waals surface area contributed by atoms with Crippen LogP contribution in [-0.2, 0) is 5.41 Å². The summed E-state index contributed by atoms with van der Waals surface area (Å²) in [5.74, 6) is -0.152. The van der Waals surface area contributed by atoms with Gasteiger partial charge in [0, 0.05) is 26.5 Å². The van der Waals surface area contributed by atoms with Crippen LogP contribution in [0.25, 0.3) is 17.2 Å². The quantitative estimate of drug-likeness (QED) is 0.194. The van der Waals surface area contributed by atoms with E-state index in [1.807, 2.05) is 18.2 Å². The summed E-state index contributed by atoms with van der Waals surface area (Å²) in [6.07, 6.45) is 0.850. The van der Waals surface area contributed by atoms with E-state index in [-0.39, 0.29) is 5.78 Å². The number of halogens is 3. The summed E-state index contributed by atoms with van der Waals surface area (Å²) in [5, 5.41) is 13.4. The molecule has 3 nitrogen and oxygen atoms in total. The van der Waals surface area contributed by atoms with Crippen molar-refractivity contribution in [2.45, 2.75) is 46.1 Å². The van der Waals surface area contributed by atoms with Gasteiger partial charge in [0.1, 0.15) is 11.1 Å². The van der Waals surface area contributed by atoms with Crippen molar-refractivity contribution in [2.75, 3.05) is 4.90 Å². The molecule has 0 saturated heterocycles. The number of anilines is 3. The monoisotopic (exact) mass is 669 g/mol. The van der Waals surface area contributed by atoms with Crippen LogP contribution < -0.4 is 4.90 Å². The Morgan fingerprint density at radius 3 is 2.20 bits per heavy atom. The van der Waals surface area contributed by atoms with Crippen molar-refractivity contribution in [3.63, 3.8) is 0 Å². The predicted octanol–water partition coefficient (Wildman–Crippen LogP) is 11.7. The second-order valence-electron chi connectivity index (χ2n) is 12.5. The van der Waals surface area contributed by atoms with Gasteiger partial charge in [-0.1, -0.05) is 96.7 Å². The molecule has 4 aromatic carbocycles. The summed E-state index contributed by atoms with van der Waals surface area (Å²) in [7, 11) is 0. The van der Waals surface area contributed by atoms with E-state index in [0.29, 0.717) is 37.5 Å². The molecule has 0 radical (unpaired) electrons. The number of carbonyl (C=O) groups excluding carboxylic acids is 1. The fraction of sp³-hybridized carbons (Fsp3) is 0.184. The number of aliphatic hydroxyl groups is 1. The van der Waals surface area contributed by atoms with E-state index in [4.69, 9.17) is 34.8 Å². The molecule has 0 bridgehead atoms. The van der Waals surface area contributed by atoms with Gasteiger partial charge in [-0.05, 0) is 96.1 Å². The molecule has 7 heteroatoms. The Hall–Kier alpha value is -3.38. The first kappa shape index (κ1) is 30.3. The summed E-state index contributed by atoms with van der Waals surface area (Å²) in [5.41, 5.74) is 11.0. The molecule has 1 aliphatic carbocycles. The van der Waals surface area contributed by atoms with E-state index in [1.165, 1.54) is 33.6 Å². The number of hydrogen-bond donors (Lipinski definition) is 1. The number of nitrogens with zero attached hydrogens (tertiary/aromatic N) is 1. The highest BCUT2D eigenvalue weighted by Gasteiger charge is 2.41. The Kier molecular flexibility index (Phi) is 7.31. The molecule has 226 valence electrons. The molecule has 2 heterocycles. The number of fused-ring (bicyclic) bond motifs is 3. The number of carbonyl (C=O) groups is 1. The first-order chi connectivity index (χ1) is 21.4. The molecule has 0 saturated carbocycles. The zero-order chi connectivity index (χ0) is 31.9. The molecule has 1 atom stereocenters. The molecule has 1 aliphatic heterocycles. The third-order valence-corrected chi connectivity index (χ3v) is 10.9. The average molecular weight is 671 g/mol. The van der Waals surface area contributed by atoms with E-state index < -0.39 is 11.5 Å². The molecule has 0 amide bonds. The maximum Gasteiger partial charge on any atom is 0.192 e. The molecule has 1 N–H and O–H groups in total. The largest absolute Gasteiger partial charge is 0.383 e. The number of hydrogen-bond acceptors (Lipinski definition) is 4. The molecule has 7 rings (SSSR count). The van der Waals surface area contributed by atoms with Crippen molar-refractivity contribution in [3.05, 3.63) is 137 Å². The zero-order valence-corrected chi connectivity index (χ0v) is 28.5. The Balaban J connectivity index is 1.45. The number of aliphatic hydroxyl groups excluding tert-OH is 1. The normalized spacial score (nSPS) is 17.4. The lowest BCUT2D eigenvalue weighted by molar-refractivity contribution is 0.102. The van der Waals surface area contributed by atoms with Crippen LogP contribution in [0.2, 0.25) is 15.1 Å². The van der Waals surface area contributed by atoms with Crippen LogP contribution in [0.15, 0.2) is 78.4 Å². The molecular formula is C38H30Cl3NO2S. The van der Waals surface area contributed by atoms with Crippen molar-refractivity contribution >= 4 is 74.4 Å². The second-order valence-corrected chi connectivity index (χ2v) is 14.8. The van der Waals surface area contributed by atoms with Gasteiger partial charge in [-0.15, -0.1) is 11.3 Å². The topological polar surface area (TPSA) is 40.5 Å². The molecule has 1 aromatic heterocycles. The van der Waals surface area contributed by atoms with Gasteiger partial charge in [-0.3, -0.25) is 9.69 Å². The smallest absolute Gasteiger partial charge is 0.192 e. The molecular weight excluding hydrogens is 641 g/mol. The fourth-order valence-electron chi connectivity index (χ4n) is 7.02. The lowest BCUT2D eigenvalue weighted by Crippen LogP contribution is -2.29. The maximum atomic E-state index is 13.3. The molecule has 45 heavy (non-hydrogen) atoms. The van der Waals surface area contributed by atoms with E-state index >= 15 is 0 Å². The standard InChI is InChI=1S/C38H30Cl3NO2S/c1-19-12-20(2)33(21(3)13-19)22-10-11-32-28(14-22)38(4,5)29-18-24(17-27-35(43)25-8-6-7-9-26(25)36(27)44)45-37(29)42(32)34-30(40)15-23(39)16-31(34)41/h6-18,35,43H,1-5H3/b27-17+. The zero-order valence-electron chi connectivity index (χ0n) is 25.4. The van der Waals surface area contributed by atoms with Gasteiger partial charge in [0.25, 0.3) is 0 Å². The molecule has 5 aromatic rings. The number of aryl methyl sites for hydroxylation is 3. The van der Waals surface area contributed by atoms with E-state index in [0.717, 1.165) is 32.3 Å². The van der Waals surface area contributed by atoms with E-state index in [9.17, 15) is 9.90 Å². The number of ketones is 1. The van der Waals surface area contributed by atoms with Crippen LogP contribution in [0.3, 0.4) is 0 Å². The van der Waals surface area contributed by atoms with Crippen LogP contribution in [0.1, 0.15) is 68.6 Å². The van der Waals surface area contributed by atoms with Gasteiger partial charge < -0.3 is 5.11 Å². The minimum absolute atomic E-state index is 0.152. The Labute approximate surface area is 282 Å². The first-order valence-corrected chi connectivity index (χ1v) is 16.7. The van der Waals surface area contributed by atoms with Crippen LogP contribution in [0.5, 0.6) is 0 Å². The lowest BCUT2D eigenvalue weighted by Gasteiger charge is -2.40.